The molecule has 8 heteroatoms. The normalized spacial score (nSPS) is 11.7. The molecule has 0 fully saturated rings. The second-order valence-corrected chi connectivity index (χ2v) is 7.88. The number of nitrogens with zero attached hydrogens (tertiary/aromatic N) is 4. The summed E-state index contributed by atoms with van der Waals surface area (Å²) in [6.07, 6.45) is 0. The van der Waals surface area contributed by atoms with Crippen molar-refractivity contribution in [1.29, 1.82) is 0 Å². The molecule has 31 heavy (non-hydrogen) atoms. The van der Waals surface area contributed by atoms with Crippen LogP contribution in [0.5, 0.6) is 5.75 Å². The van der Waals surface area contributed by atoms with Crippen LogP contribution >= 0.6 is 11.8 Å². The number of ether oxygens (including phenoxy) is 1. The molecule has 1 amide bonds. The number of carbonyl (C=O) groups is 1. The minimum Gasteiger partial charge on any atom is -0.495 e. The maximum absolute atomic E-state index is 13.4. The van der Waals surface area contributed by atoms with Crippen LogP contribution in [-0.4, -0.2) is 33.2 Å². The molecule has 1 atom stereocenters. The van der Waals surface area contributed by atoms with Gasteiger partial charge in [-0.2, -0.15) is 4.68 Å². The Balaban J connectivity index is 1.66. The second-order valence-electron chi connectivity index (χ2n) is 6.81. The molecule has 1 aromatic heterocycles. The molecule has 0 aliphatic rings. The molecule has 0 radical (unpaired) electrons. The van der Waals surface area contributed by atoms with Gasteiger partial charge in [-0.1, -0.05) is 66.4 Å². The van der Waals surface area contributed by atoms with E-state index in [2.05, 4.69) is 20.8 Å². The quantitative estimate of drug-likeness (QED) is 0.435. The molecule has 0 spiro atoms. The molecule has 156 valence electrons. The Morgan fingerprint density at radius 3 is 2.45 bits per heavy atom. The lowest BCUT2D eigenvalue weighted by Gasteiger charge is -2.18. The molecule has 0 saturated heterocycles. The van der Waals surface area contributed by atoms with E-state index in [1.165, 1.54) is 11.8 Å². The topological polar surface area (TPSA) is 81.9 Å². The number of hydrogen-bond acceptors (Lipinski definition) is 6. The molecule has 7 nitrogen and oxygen atoms in total. The highest BCUT2D eigenvalue weighted by Gasteiger charge is 2.26. The predicted octanol–water partition coefficient (Wildman–Crippen LogP) is 4.45. The summed E-state index contributed by atoms with van der Waals surface area (Å²) in [6.45, 7) is 1.96. The van der Waals surface area contributed by atoms with E-state index in [1.54, 1.807) is 11.8 Å². The van der Waals surface area contributed by atoms with Gasteiger partial charge in [0.05, 0.1) is 18.5 Å². The largest absolute Gasteiger partial charge is 0.495 e. The van der Waals surface area contributed by atoms with Crippen molar-refractivity contribution in [2.24, 2.45) is 0 Å². The van der Waals surface area contributed by atoms with Crippen molar-refractivity contribution in [3.05, 3.63) is 90.0 Å². The first-order valence-electron chi connectivity index (χ1n) is 9.66. The first-order valence-corrected chi connectivity index (χ1v) is 10.5. The lowest BCUT2D eigenvalue weighted by Crippen LogP contribution is -2.20. The molecular formula is C23H21N5O2S. The van der Waals surface area contributed by atoms with Crippen molar-refractivity contribution < 1.29 is 9.53 Å². The van der Waals surface area contributed by atoms with E-state index >= 15 is 0 Å². The zero-order valence-electron chi connectivity index (χ0n) is 17.1. The standard InChI is InChI=1S/C23H21N5O2S/c1-16-13-14-20(30-2)19(15-16)24-22(29)21(17-9-5-3-6-10-17)31-23-25-26-27-28(23)18-11-7-4-8-12-18/h3-15,21H,1-2H3,(H,24,29). The Bertz CT molecular complexity index is 1170. The summed E-state index contributed by atoms with van der Waals surface area (Å²) in [7, 11) is 1.58. The van der Waals surface area contributed by atoms with E-state index in [4.69, 9.17) is 4.74 Å². The third-order valence-corrected chi connectivity index (χ3v) is 5.81. The number of methoxy groups -OCH3 is 1. The summed E-state index contributed by atoms with van der Waals surface area (Å²) in [4.78, 5) is 13.4. The molecular weight excluding hydrogens is 410 g/mol. The van der Waals surface area contributed by atoms with Crippen LogP contribution in [-0.2, 0) is 4.79 Å². The zero-order valence-corrected chi connectivity index (χ0v) is 17.9. The maximum atomic E-state index is 13.4. The van der Waals surface area contributed by atoms with E-state index in [0.29, 0.717) is 16.6 Å². The molecule has 4 rings (SSSR count). The predicted molar refractivity (Wildman–Crippen MR) is 121 cm³/mol. The van der Waals surface area contributed by atoms with Crippen molar-refractivity contribution in [2.45, 2.75) is 17.3 Å². The average molecular weight is 432 g/mol. The van der Waals surface area contributed by atoms with Gasteiger partial charge in [-0.15, -0.1) is 5.10 Å². The molecule has 0 aliphatic heterocycles. The van der Waals surface area contributed by atoms with Gasteiger partial charge in [0.2, 0.25) is 11.1 Å². The van der Waals surface area contributed by atoms with Crippen molar-refractivity contribution in [3.63, 3.8) is 0 Å². The van der Waals surface area contributed by atoms with Crippen LogP contribution in [0.1, 0.15) is 16.4 Å². The molecule has 1 heterocycles. The minimum absolute atomic E-state index is 0.192. The molecule has 4 aromatic rings. The molecule has 3 aromatic carbocycles. The van der Waals surface area contributed by atoms with Crippen LogP contribution in [0.25, 0.3) is 5.69 Å². The second kappa shape index (κ2) is 9.44. The van der Waals surface area contributed by atoms with Crippen LogP contribution < -0.4 is 10.1 Å². The van der Waals surface area contributed by atoms with Crippen LogP contribution in [0.4, 0.5) is 5.69 Å². The van der Waals surface area contributed by atoms with Gasteiger partial charge in [0.1, 0.15) is 11.0 Å². The molecule has 1 unspecified atom stereocenters. The van der Waals surface area contributed by atoms with Gasteiger partial charge >= 0.3 is 0 Å². The van der Waals surface area contributed by atoms with Crippen LogP contribution in [0.2, 0.25) is 0 Å². The Morgan fingerprint density at radius 2 is 1.74 bits per heavy atom. The Hall–Kier alpha value is -3.65. The van der Waals surface area contributed by atoms with Crippen molar-refractivity contribution in [2.75, 3.05) is 12.4 Å². The van der Waals surface area contributed by atoms with Gasteiger partial charge in [0, 0.05) is 0 Å². The third kappa shape index (κ3) is 4.75. The summed E-state index contributed by atoms with van der Waals surface area (Å²) < 4.78 is 7.04. The molecule has 0 bridgehead atoms. The van der Waals surface area contributed by atoms with Crippen LogP contribution in [0.3, 0.4) is 0 Å². The highest BCUT2D eigenvalue weighted by Crippen LogP contribution is 2.36. The summed E-state index contributed by atoms with van der Waals surface area (Å²) in [6, 6.07) is 24.8. The van der Waals surface area contributed by atoms with E-state index in [-0.39, 0.29) is 5.91 Å². The van der Waals surface area contributed by atoms with Gasteiger partial charge < -0.3 is 10.1 Å². The maximum Gasteiger partial charge on any atom is 0.242 e. The first-order chi connectivity index (χ1) is 15.2. The summed E-state index contributed by atoms with van der Waals surface area (Å²) in [5.74, 6) is 0.410. The number of thioether (sulfide) groups is 1. The number of hydrogen-bond donors (Lipinski definition) is 1. The Labute approximate surface area is 184 Å². The van der Waals surface area contributed by atoms with Crippen LogP contribution in [0.15, 0.2) is 84.0 Å². The average Bonchev–Trinajstić information content (AvgIpc) is 3.27. The summed E-state index contributed by atoms with van der Waals surface area (Å²) >= 11 is 1.29. The summed E-state index contributed by atoms with van der Waals surface area (Å²) in [5.41, 5.74) is 3.31. The van der Waals surface area contributed by atoms with Gasteiger partial charge in [0.15, 0.2) is 0 Å². The smallest absolute Gasteiger partial charge is 0.242 e. The van der Waals surface area contributed by atoms with E-state index < -0.39 is 5.25 Å². The monoisotopic (exact) mass is 431 g/mol. The number of aromatic nitrogens is 4. The minimum atomic E-state index is -0.570. The number of carbonyl (C=O) groups excluding carboxylic acids is 1. The van der Waals surface area contributed by atoms with E-state index in [0.717, 1.165) is 16.8 Å². The lowest BCUT2D eigenvalue weighted by molar-refractivity contribution is -0.115. The SMILES string of the molecule is COc1ccc(C)cc1NC(=O)C(Sc1nnnn1-c1ccccc1)c1ccccc1. The third-order valence-electron chi connectivity index (χ3n) is 4.62. The fourth-order valence-corrected chi connectivity index (χ4v) is 4.10. The van der Waals surface area contributed by atoms with Gasteiger partial charge in [0.25, 0.3) is 0 Å². The van der Waals surface area contributed by atoms with Crippen molar-refractivity contribution >= 4 is 23.4 Å². The molecule has 0 saturated carbocycles. The number of amides is 1. The van der Waals surface area contributed by atoms with Gasteiger partial charge in [-0.3, -0.25) is 4.79 Å². The van der Waals surface area contributed by atoms with Crippen LogP contribution in [0, 0.1) is 6.92 Å². The highest BCUT2D eigenvalue weighted by molar-refractivity contribution is 8.00. The van der Waals surface area contributed by atoms with Gasteiger partial charge in [-0.05, 0) is 52.7 Å². The number of nitrogens with one attached hydrogen (secondary N) is 1. The molecule has 1 N–H and O–H groups in total. The number of rotatable bonds is 7. The van der Waals surface area contributed by atoms with Crippen molar-refractivity contribution in [3.8, 4) is 11.4 Å². The first kappa shape index (κ1) is 20.6. The van der Waals surface area contributed by atoms with Gasteiger partial charge in [-0.25, -0.2) is 0 Å². The Kier molecular flexibility index (Phi) is 6.28. The molecule has 0 aliphatic carbocycles. The number of aryl methyl sites for hydroxylation is 1. The van der Waals surface area contributed by atoms with Crippen molar-refractivity contribution in [1.82, 2.24) is 20.2 Å². The summed E-state index contributed by atoms with van der Waals surface area (Å²) in [5, 5.41) is 15.0. The van der Waals surface area contributed by atoms with E-state index in [9.17, 15) is 4.79 Å². The fourth-order valence-electron chi connectivity index (χ4n) is 3.11. The number of tetrazole rings is 1. The van der Waals surface area contributed by atoms with E-state index in [1.807, 2.05) is 85.8 Å². The number of benzene rings is 3. The number of anilines is 1. The zero-order chi connectivity index (χ0) is 21.6. The fraction of sp³-hybridized carbons (Fsp3) is 0.130. The highest BCUT2D eigenvalue weighted by atomic mass is 32.2. The lowest BCUT2D eigenvalue weighted by atomic mass is 10.1. The number of para-hydroxylation sites is 1. The Morgan fingerprint density at radius 1 is 1.03 bits per heavy atom.